The third kappa shape index (κ3) is 6.13. The van der Waals surface area contributed by atoms with E-state index in [4.69, 9.17) is 21.3 Å². The highest BCUT2D eigenvalue weighted by Crippen LogP contribution is 2.43. The predicted octanol–water partition coefficient (Wildman–Crippen LogP) is 6.81. The lowest BCUT2D eigenvalue weighted by atomic mass is 10.0. The van der Waals surface area contributed by atoms with Gasteiger partial charge in [0, 0.05) is 49.2 Å². The molecule has 0 atom stereocenters. The molecular weight excluding hydrogens is 506 g/mol. The second kappa shape index (κ2) is 11.7. The van der Waals surface area contributed by atoms with Gasteiger partial charge in [0.2, 0.25) is 5.95 Å². The van der Waals surface area contributed by atoms with E-state index in [1.54, 1.807) is 6.20 Å². The third-order valence-electron chi connectivity index (χ3n) is 8.29. The average molecular weight is 544 g/mol. The normalized spacial score (nSPS) is 19.4. The summed E-state index contributed by atoms with van der Waals surface area (Å²) in [4.78, 5) is 14.6. The van der Waals surface area contributed by atoms with Crippen molar-refractivity contribution in [2.75, 3.05) is 49.6 Å². The summed E-state index contributed by atoms with van der Waals surface area (Å²) in [5.74, 6) is 1.22. The van der Waals surface area contributed by atoms with Crippen molar-refractivity contribution in [3.63, 3.8) is 0 Å². The Balaban J connectivity index is 1.22. The number of hydrogen-bond donors (Lipinski definition) is 1. The first kappa shape index (κ1) is 26.3. The smallest absolute Gasteiger partial charge is 0.227 e. The molecule has 2 aromatic carbocycles. The fourth-order valence-electron chi connectivity index (χ4n) is 5.89. The average Bonchev–Trinajstić information content (AvgIpc) is 3.82. The van der Waals surface area contributed by atoms with E-state index in [1.165, 1.54) is 42.5 Å². The zero-order valence-corrected chi connectivity index (χ0v) is 23.8. The van der Waals surface area contributed by atoms with E-state index in [1.807, 2.05) is 6.92 Å². The molecule has 7 heteroatoms. The standard InChI is InChI=1S/C32H38ClN5O/c1-3-29(24-6-4-22(2)5-7-24)31-30(33)21-34-32(36-31)35-26-18-25(23-8-9-23)19-28(20-26)37-12-10-27(11-13-37)38-14-16-39-17-15-38/h3-7,18-21,23,27H,8-17H2,1-2H3,(H,34,35,36)/b29-3+. The monoisotopic (exact) mass is 543 g/mol. The summed E-state index contributed by atoms with van der Waals surface area (Å²) in [6, 6.07) is 16.1. The van der Waals surface area contributed by atoms with E-state index >= 15 is 0 Å². The lowest BCUT2D eigenvalue weighted by Gasteiger charge is -2.41. The van der Waals surface area contributed by atoms with Crippen molar-refractivity contribution in [2.45, 2.75) is 51.5 Å². The first-order valence-electron chi connectivity index (χ1n) is 14.3. The van der Waals surface area contributed by atoms with E-state index in [9.17, 15) is 0 Å². The predicted molar refractivity (Wildman–Crippen MR) is 160 cm³/mol. The van der Waals surface area contributed by atoms with Crippen LogP contribution in [0.5, 0.6) is 0 Å². The molecular formula is C32H38ClN5O. The number of rotatable bonds is 7. The number of nitrogens with zero attached hydrogens (tertiary/aromatic N) is 4. The van der Waals surface area contributed by atoms with E-state index in [-0.39, 0.29) is 0 Å². The molecule has 0 radical (unpaired) electrons. The number of benzene rings is 2. The molecule has 1 aliphatic carbocycles. The van der Waals surface area contributed by atoms with Crippen LogP contribution in [0.4, 0.5) is 17.3 Å². The molecule has 0 bridgehead atoms. The molecule has 2 aliphatic heterocycles. The number of ether oxygens (including phenoxy) is 1. The molecule has 204 valence electrons. The Morgan fingerprint density at radius 3 is 2.44 bits per heavy atom. The molecule has 3 aromatic rings. The maximum Gasteiger partial charge on any atom is 0.227 e. The molecule has 39 heavy (non-hydrogen) atoms. The lowest BCUT2D eigenvalue weighted by Crippen LogP contribution is -2.49. The lowest BCUT2D eigenvalue weighted by molar-refractivity contribution is 0.0115. The van der Waals surface area contributed by atoms with Gasteiger partial charge in [0.15, 0.2) is 0 Å². The first-order chi connectivity index (χ1) is 19.1. The van der Waals surface area contributed by atoms with Crippen LogP contribution in [0, 0.1) is 6.92 Å². The van der Waals surface area contributed by atoms with Gasteiger partial charge in [-0.25, -0.2) is 9.97 Å². The number of nitrogens with one attached hydrogen (secondary N) is 1. The van der Waals surface area contributed by atoms with Crippen LogP contribution in [0.3, 0.4) is 0 Å². The van der Waals surface area contributed by atoms with Gasteiger partial charge in [-0.3, -0.25) is 4.90 Å². The van der Waals surface area contributed by atoms with Gasteiger partial charge in [0.1, 0.15) is 0 Å². The highest BCUT2D eigenvalue weighted by atomic mass is 35.5. The minimum absolute atomic E-state index is 0.546. The molecule has 3 fully saturated rings. The van der Waals surface area contributed by atoms with Crippen LogP contribution in [-0.2, 0) is 4.74 Å². The first-order valence-corrected chi connectivity index (χ1v) is 14.7. The summed E-state index contributed by atoms with van der Waals surface area (Å²) < 4.78 is 5.56. The molecule has 0 spiro atoms. The van der Waals surface area contributed by atoms with E-state index in [2.05, 4.69) is 75.6 Å². The summed E-state index contributed by atoms with van der Waals surface area (Å²) in [7, 11) is 0. The summed E-state index contributed by atoms with van der Waals surface area (Å²) in [5.41, 5.74) is 7.80. The van der Waals surface area contributed by atoms with Crippen LogP contribution in [0.1, 0.15) is 60.9 Å². The molecule has 1 N–H and O–H groups in total. The van der Waals surface area contributed by atoms with Gasteiger partial charge in [-0.15, -0.1) is 0 Å². The number of halogens is 1. The maximum atomic E-state index is 6.61. The van der Waals surface area contributed by atoms with Crippen LogP contribution in [0.15, 0.2) is 54.7 Å². The second-order valence-electron chi connectivity index (χ2n) is 11.0. The Bertz CT molecular complexity index is 1320. The molecule has 0 amide bonds. The number of aromatic nitrogens is 2. The van der Waals surface area contributed by atoms with Crippen molar-refractivity contribution in [1.82, 2.24) is 14.9 Å². The Kier molecular flexibility index (Phi) is 7.87. The van der Waals surface area contributed by atoms with Crippen molar-refractivity contribution in [2.24, 2.45) is 0 Å². The summed E-state index contributed by atoms with van der Waals surface area (Å²) in [6.45, 7) is 10.2. The van der Waals surface area contributed by atoms with Crippen LogP contribution in [0.25, 0.3) is 5.57 Å². The second-order valence-corrected chi connectivity index (χ2v) is 11.4. The topological polar surface area (TPSA) is 53.5 Å². The molecule has 2 saturated heterocycles. The highest BCUT2D eigenvalue weighted by molar-refractivity contribution is 6.32. The maximum absolute atomic E-state index is 6.61. The number of anilines is 3. The van der Waals surface area contributed by atoms with Gasteiger partial charge >= 0.3 is 0 Å². The Morgan fingerprint density at radius 2 is 1.74 bits per heavy atom. The van der Waals surface area contributed by atoms with Crippen molar-refractivity contribution in [3.05, 3.63) is 82.1 Å². The molecule has 1 aromatic heterocycles. The van der Waals surface area contributed by atoms with Crippen molar-refractivity contribution in [3.8, 4) is 0 Å². The van der Waals surface area contributed by atoms with Crippen molar-refractivity contribution in [1.29, 1.82) is 0 Å². The third-order valence-corrected chi connectivity index (χ3v) is 8.56. The van der Waals surface area contributed by atoms with Gasteiger partial charge in [0.05, 0.1) is 30.1 Å². The van der Waals surface area contributed by atoms with Gasteiger partial charge in [-0.05, 0) is 74.8 Å². The number of aryl methyl sites for hydroxylation is 1. The largest absolute Gasteiger partial charge is 0.379 e. The SMILES string of the molecule is C/C=C(\c1ccc(C)cc1)c1nc(Nc2cc(C3CC3)cc(N3CCC(N4CCOCC4)CC3)c2)ncc1Cl. The molecule has 0 unspecified atom stereocenters. The van der Waals surface area contributed by atoms with Crippen molar-refractivity contribution < 1.29 is 4.74 Å². The van der Waals surface area contributed by atoms with E-state index in [0.717, 1.165) is 61.9 Å². The fraction of sp³-hybridized carbons (Fsp3) is 0.438. The van der Waals surface area contributed by atoms with E-state index in [0.29, 0.717) is 22.9 Å². The zero-order chi connectivity index (χ0) is 26.8. The van der Waals surface area contributed by atoms with Crippen LogP contribution in [-0.4, -0.2) is 60.3 Å². The van der Waals surface area contributed by atoms with Crippen molar-refractivity contribution >= 4 is 34.5 Å². The zero-order valence-electron chi connectivity index (χ0n) is 23.0. The Hall–Kier alpha value is -2.93. The molecule has 3 aliphatic rings. The van der Waals surface area contributed by atoms with Crippen LogP contribution in [0.2, 0.25) is 5.02 Å². The molecule has 6 nitrogen and oxygen atoms in total. The number of allylic oxidation sites excluding steroid dienone is 1. The molecule has 6 rings (SSSR count). The van der Waals surface area contributed by atoms with Crippen LogP contribution < -0.4 is 10.2 Å². The van der Waals surface area contributed by atoms with E-state index < -0.39 is 0 Å². The quantitative estimate of drug-likeness (QED) is 0.353. The minimum Gasteiger partial charge on any atom is -0.379 e. The number of hydrogen-bond acceptors (Lipinski definition) is 6. The Labute approximate surface area is 237 Å². The fourth-order valence-corrected chi connectivity index (χ4v) is 6.08. The Morgan fingerprint density at radius 1 is 1.00 bits per heavy atom. The molecule has 3 heterocycles. The highest BCUT2D eigenvalue weighted by Gasteiger charge is 2.28. The van der Waals surface area contributed by atoms with Gasteiger partial charge in [-0.2, -0.15) is 0 Å². The summed E-state index contributed by atoms with van der Waals surface area (Å²) >= 11 is 6.61. The minimum atomic E-state index is 0.546. The van der Waals surface area contributed by atoms with Gasteiger partial charge in [0.25, 0.3) is 0 Å². The summed E-state index contributed by atoms with van der Waals surface area (Å²) in [5, 5.41) is 4.06. The summed E-state index contributed by atoms with van der Waals surface area (Å²) in [6.07, 6.45) is 8.70. The van der Waals surface area contributed by atoms with Gasteiger partial charge < -0.3 is 15.0 Å². The van der Waals surface area contributed by atoms with Crippen LogP contribution >= 0.6 is 11.6 Å². The number of piperidine rings is 1. The van der Waals surface area contributed by atoms with Gasteiger partial charge in [-0.1, -0.05) is 47.5 Å². The number of morpholine rings is 1. The molecule has 1 saturated carbocycles.